The zero-order valence-corrected chi connectivity index (χ0v) is 13.5. The molecular weight excluding hydrogens is 319 g/mol. The average molecular weight is 339 g/mol. The van der Waals surface area contributed by atoms with Crippen LogP contribution in [-0.2, 0) is 6.54 Å². The van der Waals surface area contributed by atoms with E-state index in [0.29, 0.717) is 17.4 Å². The predicted molar refractivity (Wildman–Crippen MR) is 81.7 cm³/mol. The second-order valence-corrected chi connectivity index (χ2v) is 6.30. The first-order valence-electron chi connectivity index (χ1n) is 8.25. The van der Waals surface area contributed by atoms with Crippen LogP contribution >= 0.6 is 0 Å². The summed E-state index contributed by atoms with van der Waals surface area (Å²) < 4.78 is 44.7. The van der Waals surface area contributed by atoms with Gasteiger partial charge in [0.15, 0.2) is 23.3 Å². The number of hydrogen-bond acceptors (Lipinski definition) is 4. The first kappa shape index (κ1) is 17.0. The van der Waals surface area contributed by atoms with Gasteiger partial charge >= 0.3 is 0 Å². The lowest BCUT2D eigenvalue weighted by molar-refractivity contribution is 0.329. The maximum Gasteiger partial charge on any atom is 0.243 e. The molecule has 7 heteroatoms. The summed E-state index contributed by atoms with van der Waals surface area (Å²) in [5.74, 6) is -2.32. The fourth-order valence-corrected chi connectivity index (χ4v) is 3.02. The Bertz CT molecular complexity index is 675. The van der Waals surface area contributed by atoms with Gasteiger partial charge in [0.05, 0.1) is 6.04 Å². The van der Waals surface area contributed by atoms with E-state index in [9.17, 15) is 13.2 Å². The van der Waals surface area contributed by atoms with Crippen LogP contribution in [0.15, 0.2) is 16.7 Å². The number of halogens is 3. The van der Waals surface area contributed by atoms with E-state index in [0.717, 1.165) is 30.8 Å². The minimum Gasteiger partial charge on any atom is -0.338 e. The van der Waals surface area contributed by atoms with Crippen LogP contribution in [0.1, 0.15) is 68.3 Å². The van der Waals surface area contributed by atoms with Gasteiger partial charge in [-0.1, -0.05) is 24.4 Å². The number of benzene rings is 1. The van der Waals surface area contributed by atoms with E-state index in [2.05, 4.69) is 15.5 Å². The Hall–Kier alpha value is -1.89. The van der Waals surface area contributed by atoms with Crippen molar-refractivity contribution in [3.05, 3.63) is 46.9 Å². The van der Waals surface area contributed by atoms with E-state index in [1.807, 2.05) is 6.92 Å². The number of aromatic nitrogens is 2. The predicted octanol–water partition coefficient (Wildman–Crippen LogP) is 4.39. The summed E-state index contributed by atoms with van der Waals surface area (Å²) in [4.78, 5) is 4.45. The van der Waals surface area contributed by atoms with Crippen LogP contribution in [-0.4, -0.2) is 10.1 Å². The Morgan fingerprint density at radius 3 is 2.50 bits per heavy atom. The van der Waals surface area contributed by atoms with Gasteiger partial charge in [0.2, 0.25) is 5.89 Å². The molecule has 1 aliphatic rings. The van der Waals surface area contributed by atoms with Crippen LogP contribution < -0.4 is 5.32 Å². The molecule has 1 atom stereocenters. The van der Waals surface area contributed by atoms with E-state index in [1.54, 1.807) is 0 Å². The Morgan fingerprint density at radius 2 is 1.83 bits per heavy atom. The summed E-state index contributed by atoms with van der Waals surface area (Å²) in [7, 11) is 0. The fraction of sp³-hybridized carbons (Fsp3) is 0.529. The van der Waals surface area contributed by atoms with Crippen LogP contribution in [0, 0.1) is 17.5 Å². The SMILES string of the molecule is CC(NCc1cc(F)c(F)c(F)c1)c1nc(C2CCCCC2)no1. The summed E-state index contributed by atoms with van der Waals surface area (Å²) in [5, 5.41) is 7.11. The third kappa shape index (κ3) is 3.77. The molecule has 0 aliphatic heterocycles. The number of hydrogen-bond donors (Lipinski definition) is 1. The van der Waals surface area contributed by atoms with E-state index in [4.69, 9.17) is 4.52 Å². The van der Waals surface area contributed by atoms with Crippen molar-refractivity contribution in [2.75, 3.05) is 0 Å². The molecule has 1 saturated carbocycles. The quantitative estimate of drug-likeness (QED) is 0.821. The standard InChI is InChI=1S/C17H20F3N3O/c1-10(21-9-11-7-13(18)15(20)14(19)8-11)17-22-16(23-24-17)12-5-3-2-4-6-12/h7-8,10,12,21H,2-6,9H2,1H3. The van der Waals surface area contributed by atoms with E-state index >= 15 is 0 Å². The average Bonchev–Trinajstić information content (AvgIpc) is 3.08. The van der Waals surface area contributed by atoms with Crippen LogP contribution in [0.2, 0.25) is 0 Å². The molecule has 1 unspecified atom stereocenters. The molecule has 24 heavy (non-hydrogen) atoms. The molecular formula is C17H20F3N3O. The van der Waals surface area contributed by atoms with E-state index in [1.165, 1.54) is 19.3 Å². The molecule has 130 valence electrons. The molecule has 0 radical (unpaired) electrons. The maximum absolute atomic E-state index is 13.2. The van der Waals surface area contributed by atoms with Gasteiger partial charge in [-0.3, -0.25) is 0 Å². The van der Waals surface area contributed by atoms with Gasteiger partial charge in [0, 0.05) is 12.5 Å². The van der Waals surface area contributed by atoms with Gasteiger partial charge in [-0.2, -0.15) is 4.98 Å². The number of rotatable bonds is 5. The normalized spacial score (nSPS) is 17.2. The second-order valence-electron chi connectivity index (χ2n) is 6.30. The van der Waals surface area contributed by atoms with Crippen molar-refractivity contribution in [3.8, 4) is 0 Å². The molecule has 0 saturated heterocycles. The van der Waals surface area contributed by atoms with Gasteiger partial charge in [-0.25, -0.2) is 13.2 Å². The molecule has 2 aromatic rings. The minimum absolute atomic E-state index is 0.163. The Morgan fingerprint density at radius 1 is 1.17 bits per heavy atom. The van der Waals surface area contributed by atoms with Crippen molar-refractivity contribution in [3.63, 3.8) is 0 Å². The highest BCUT2D eigenvalue weighted by Crippen LogP contribution is 2.31. The first-order valence-corrected chi connectivity index (χ1v) is 8.25. The van der Waals surface area contributed by atoms with Crippen molar-refractivity contribution in [1.82, 2.24) is 15.5 Å². The highest BCUT2D eigenvalue weighted by atomic mass is 19.2. The van der Waals surface area contributed by atoms with Crippen molar-refractivity contribution >= 4 is 0 Å². The molecule has 0 spiro atoms. The van der Waals surface area contributed by atoms with Crippen LogP contribution in [0.25, 0.3) is 0 Å². The van der Waals surface area contributed by atoms with Gasteiger partial charge < -0.3 is 9.84 Å². The summed E-state index contributed by atoms with van der Waals surface area (Å²) in [6.07, 6.45) is 5.78. The number of nitrogens with one attached hydrogen (secondary N) is 1. The summed E-state index contributed by atoms with van der Waals surface area (Å²) >= 11 is 0. The first-order chi connectivity index (χ1) is 11.5. The highest BCUT2D eigenvalue weighted by molar-refractivity contribution is 5.19. The van der Waals surface area contributed by atoms with E-state index in [-0.39, 0.29) is 12.6 Å². The van der Waals surface area contributed by atoms with Crippen LogP contribution in [0.3, 0.4) is 0 Å². The number of nitrogens with zero attached hydrogens (tertiary/aromatic N) is 2. The van der Waals surface area contributed by atoms with Crippen molar-refractivity contribution in [2.45, 2.75) is 57.5 Å². The third-order valence-corrected chi connectivity index (χ3v) is 4.45. The molecule has 1 fully saturated rings. The van der Waals surface area contributed by atoms with Gasteiger partial charge in [-0.05, 0) is 37.5 Å². The van der Waals surface area contributed by atoms with Crippen LogP contribution in [0.5, 0.6) is 0 Å². The third-order valence-electron chi connectivity index (χ3n) is 4.45. The lowest BCUT2D eigenvalue weighted by atomic mass is 9.89. The second kappa shape index (κ2) is 7.34. The van der Waals surface area contributed by atoms with Crippen LogP contribution in [0.4, 0.5) is 13.2 Å². The molecule has 4 nitrogen and oxygen atoms in total. The van der Waals surface area contributed by atoms with Crippen molar-refractivity contribution in [1.29, 1.82) is 0 Å². The molecule has 0 bridgehead atoms. The highest BCUT2D eigenvalue weighted by Gasteiger charge is 2.22. The Balaban J connectivity index is 1.61. The molecule has 1 N–H and O–H groups in total. The molecule has 1 aliphatic carbocycles. The summed E-state index contributed by atoms with van der Waals surface area (Å²) in [6.45, 7) is 1.99. The zero-order valence-electron chi connectivity index (χ0n) is 13.5. The molecule has 1 heterocycles. The van der Waals surface area contributed by atoms with Gasteiger partial charge in [0.1, 0.15) is 0 Å². The molecule has 0 amide bonds. The molecule has 3 rings (SSSR count). The fourth-order valence-electron chi connectivity index (χ4n) is 3.02. The smallest absolute Gasteiger partial charge is 0.243 e. The minimum atomic E-state index is -1.46. The van der Waals surface area contributed by atoms with E-state index < -0.39 is 17.5 Å². The Labute approximate surface area is 138 Å². The summed E-state index contributed by atoms with van der Waals surface area (Å²) in [6, 6.07) is 1.67. The summed E-state index contributed by atoms with van der Waals surface area (Å²) in [5.41, 5.74) is 0.310. The molecule has 1 aromatic heterocycles. The lowest BCUT2D eigenvalue weighted by Gasteiger charge is -2.17. The Kier molecular flexibility index (Phi) is 5.18. The topological polar surface area (TPSA) is 51.0 Å². The van der Waals surface area contributed by atoms with Crippen molar-refractivity contribution < 1.29 is 17.7 Å². The zero-order chi connectivity index (χ0) is 17.1. The van der Waals surface area contributed by atoms with Crippen molar-refractivity contribution in [2.24, 2.45) is 0 Å². The lowest BCUT2D eigenvalue weighted by Crippen LogP contribution is -2.19. The molecule has 1 aromatic carbocycles. The van der Waals surface area contributed by atoms with Gasteiger partial charge in [0.25, 0.3) is 0 Å². The van der Waals surface area contributed by atoms with Gasteiger partial charge in [-0.15, -0.1) is 0 Å². The maximum atomic E-state index is 13.2. The largest absolute Gasteiger partial charge is 0.338 e. The monoisotopic (exact) mass is 339 g/mol.